The van der Waals surface area contributed by atoms with E-state index in [1.54, 1.807) is 36.9 Å². The Labute approximate surface area is 200 Å². The molecule has 1 aromatic heterocycles. The van der Waals surface area contributed by atoms with E-state index in [9.17, 15) is 18.0 Å². The normalized spacial score (nSPS) is 16.6. The number of piperidine rings is 1. The number of benzene rings is 1. The van der Waals surface area contributed by atoms with Gasteiger partial charge in [0.15, 0.2) is 0 Å². The molecule has 0 bridgehead atoms. The third-order valence-corrected chi connectivity index (χ3v) is 8.77. The van der Waals surface area contributed by atoms with E-state index in [1.165, 1.54) is 21.7 Å². The van der Waals surface area contributed by atoms with Crippen molar-refractivity contribution in [1.29, 1.82) is 0 Å². The van der Waals surface area contributed by atoms with Crippen molar-refractivity contribution >= 4 is 44.5 Å². The zero-order valence-electron chi connectivity index (χ0n) is 19.6. The zero-order chi connectivity index (χ0) is 24.2. The van der Waals surface area contributed by atoms with Gasteiger partial charge in [0.05, 0.1) is 27.1 Å². The van der Waals surface area contributed by atoms with Crippen LogP contribution in [0.4, 0.5) is 11.4 Å². The Kier molecular flexibility index (Phi) is 8.14. The summed E-state index contributed by atoms with van der Waals surface area (Å²) in [6.07, 6.45) is 1.42. The highest BCUT2D eigenvalue weighted by atomic mass is 32.2. The van der Waals surface area contributed by atoms with Gasteiger partial charge in [0.1, 0.15) is 0 Å². The van der Waals surface area contributed by atoms with Crippen LogP contribution in [0.1, 0.15) is 36.4 Å². The third-order valence-electron chi connectivity index (χ3n) is 5.86. The molecule has 1 unspecified atom stereocenters. The first-order valence-electron chi connectivity index (χ1n) is 11.1. The fraction of sp³-hybridized carbons (Fsp3) is 0.478. The quantitative estimate of drug-likeness (QED) is 0.611. The molecule has 0 spiro atoms. The summed E-state index contributed by atoms with van der Waals surface area (Å²) in [4.78, 5) is 30.3. The lowest BCUT2D eigenvalue weighted by molar-refractivity contribution is -0.121. The van der Waals surface area contributed by atoms with Gasteiger partial charge in [0.25, 0.3) is 5.91 Å². The Morgan fingerprint density at radius 3 is 2.52 bits per heavy atom. The Balaban J connectivity index is 1.82. The van der Waals surface area contributed by atoms with Crippen molar-refractivity contribution in [1.82, 2.24) is 9.21 Å². The van der Waals surface area contributed by atoms with Crippen LogP contribution in [0.25, 0.3) is 0 Å². The molecule has 1 fully saturated rings. The molecule has 1 N–H and O–H groups in total. The van der Waals surface area contributed by atoms with Gasteiger partial charge in [-0.05, 0) is 42.5 Å². The van der Waals surface area contributed by atoms with Gasteiger partial charge in [-0.1, -0.05) is 19.9 Å². The molecule has 180 valence electrons. The van der Waals surface area contributed by atoms with Crippen LogP contribution >= 0.6 is 11.3 Å². The van der Waals surface area contributed by atoms with Crippen molar-refractivity contribution in [2.75, 3.05) is 50.5 Å². The van der Waals surface area contributed by atoms with E-state index in [0.717, 1.165) is 6.42 Å². The standard InChI is InChI=1S/C23H32N4O4S2/c1-5-27(6-2)33(30,31)18-11-12-20(25(3)4)19(15-18)24-22(28)17-9-7-13-26(16-17)23(29)21-10-8-14-32-21/h8,10-12,14-15,17H,5-7,9,13,16H2,1-4H3,(H,24,28). The Morgan fingerprint density at radius 1 is 1.18 bits per heavy atom. The van der Waals surface area contributed by atoms with Crippen LogP contribution in [-0.2, 0) is 14.8 Å². The molecule has 33 heavy (non-hydrogen) atoms. The number of hydrogen-bond donors (Lipinski definition) is 1. The molecule has 8 nitrogen and oxygen atoms in total. The molecule has 1 saturated heterocycles. The van der Waals surface area contributed by atoms with E-state index in [-0.39, 0.29) is 22.6 Å². The summed E-state index contributed by atoms with van der Waals surface area (Å²) < 4.78 is 27.4. The molecule has 1 atom stereocenters. The van der Waals surface area contributed by atoms with Gasteiger partial charge in [0, 0.05) is 40.3 Å². The fourth-order valence-electron chi connectivity index (χ4n) is 4.04. The second kappa shape index (κ2) is 10.7. The lowest BCUT2D eigenvalue weighted by atomic mass is 9.96. The van der Waals surface area contributed by atoms with Crippen molar-refractivity contribution in [3.63, 3.8) is 0 Å². The predicted octanol–water partition coefficient (Wildman–Crippen LogP) is 3.34. The van der Waals surface area contributed by atoms with Crippen LogP contribution in [0.5, 0.6) is 0 Å². The van der Waals surface area contributed by atoms with Gasteiger partial charge < -0.3 is 15.1 Å². The van der Waals surface area contributed by atoms with Crippen LogP contribution in [0, 0.1) is 5.92 Å². The summed E-state index contributed by atoms with van der Waals surface area (Å²) in [5.41, 5.74) is 1.16. The second-order valence-electron chi connectivity index (χ2n) is 8.22. The van der Waals surface area contributed by atoms with Crippen LogP contribution in [0.2, 0.25) is 0 Å². The van der Waals surface area contributed by atoms with Gasteiger partial charge in [-0.15, -0.1) is 11.3 Å². The summed E-state index contributed by atoms with van der Waals surface area (Å²) in [7, 11) is 0.0176. The highest BCUT2D eigenvalue weighted by molar-refractivity contribution is 7.89. The molecule has 10 heteroatoms. The van der Waals surface area contributed by atoms with Crippen LogP contribution in [-0.4, -0.2) is 69.7 Å². The molecule has 0 aliphatic carbocycles. The van der Waals surface area contributed by atoms with Crippen molar-refractivity contribution in [3.8, 4) is 0 Å². The third kappa shape index (κ3) is 5.56. The lowest BCUT2D eigenvalue weighted by Crippen LogP contribution is -2.43. The smallest absolute Gasteiger partial charge is 0.263 e. The molecule has 3 rings (SSSR count). The van der Waals surface area contributed by atoms with E-state index in [2.05, 4.69) is 5.32 Å². The Bertz CT molecular complexity index is 1080. The minimum absolute atomic E-state index is 0.0520. The molecule has 2 heterocycles. The SMILES string of the molecule is CCN(CC)S(=O)(=O)c1ccc(N(C)C)c(NC(=O)C2CCCN(C(=O)c3cccs3)C2)c1. The summed E-state index contributed by atoms with van der Waals surface area (Å²) in [6, 6.07) is 8.44. The number of rotatable bonds is 8. The van der Waals surface area contributed by atoms with E-state index in [4.69, 9.17) is 0 Å². The van der Waals surface area contributed by atoms with Crippen molar-refractivity contribution in [2.45, 2.75) is 31.6 Å². The topological polar surface area (TPSA) is 90.0 Å². The van der Waals surface area contributed by atoms with E-state index in [0.29, 0.717) is 48.9 Å². The molecular weight excluding hydrogens is 460 g/mol. The van der Waals surface area contributed by atoms with E-state index in [1.807, 2.05) is 30.4 Å². The molecule has 0 radical (unpaired) electrons. The van der Waals surface area contributed by atoms with Crippen molar-refractivity contribution < 1.29 is 18.0 Å². The van der Waals surface area contributed by atoms with E-state index < -0.39 is 10.0 Å². The number of carbonyl (C=O) groups is 2. The minimum Gasteiger partial charge on any atom is -0.376 e. The number of carbonyl (C=O) groups excluding carboxylic acids is 2. The summed E-state index contributed by atoms with van der Waals surface area (Å²) in [5, 5.41) is 4.81. The second-order valence-corrected chi connectivity index (χ2v) is 11.1. The summed E-state index contributed by atoms with van der Waals surface area (Å²) in [5.74, 6) is -0.622. The van der Waals surface area contributed by atoms with Gasteiger partial charge in [0.2, 0.25) is 15.9 Å². The number of likely N-dealkylation sites (tertiary alicyclic amines) is 1. The maximum atomic E-state index is 13.2. The fourth-order valence-corrected chi connectivity index (χ4v) is 6.22. The molecule has 2 amide bonds. The highest BCUT2D eigenvalue weighted by Gasteiger charge is 2.30. The van der Waals surface area contributed by atoms with Crippen LogP contribution < -0.4 is 10.2 Å². The first-order chi connectivity index (χ1) is 15.7. The molecule has 0 saturated carbocycles. The van der Waals surface area contributed by atoms with Crippen molar-refractivity contribution in [3.05, 3.63) is 40.6 Å². The average Bonchev–Trinajstić information content (AvgIpc) is 3.34. The minimum atomic E-state index is -3.66. The maximum Gasteiger partial charge on any atom is 0.263 e. The highest BCUT2D eigenvalue weighted by Crippen LogP contribution is 2.30. The van der Waals surface area contributed by atoms with Gasteiger partial charge in [-0.3, -0.25) is 9.59 Å². The Morgan fingerprint density at radius 2 is 1.91 bits per heavy atom. The van der Waals surface area contributed by atoms with Crippen LogP contribution in [0.3, 0.4) is 0 Å². The summed E-state index contributed by atoms with van der Waals surface area (Å²) in [6.45, 7) is 5.30. The Hall–Kier alpha value is -2.43. The zero-order valence-corrected chi connectivity index (χ0v) is 21.2. The predicted molar refractivity (Wildman–Crippen MR) is 132 cm³/mol. The van der Waals surface area contributed by atoms with Gasteiger partial charge in [-0.25, -0.2) is 8.42 Å². The van der Waals surface area contributed by atoms with Crippen LogP contribution in [0.15, 0.2) is 40.6 Å². The average molecular weight is 493 g/mol. The number of thiophene rings is 1. The summed E-state index contributed by atoms with van der Waals surface area (Å²) >= 11 is 1.39. The molecule has 1 aromatic carbocycles. The number of nitrogens with zero attached hydrogens (tertiary/aromatic N) is 3. The number of anilines is 2. The number of hydrogen-bond acceptors (Lipinski definition) is 6. The lowest BCUT2D eigenvalue weighted by Gasteiger charge is -2.32. The van der Waals surface area contributed by atoms with Gasteiger partial charge >= 0.3 is 0 Å². The molecule has 1 aliphatic rings. The molecule has 2 aromatic rings. The number of amides is 2. The monoisotopic (exact) mass is 492 g/mol. The first-order valence-corrected chi connectivity index (χ1v) is 13.5. The number of nitrogens with one attached hydrogen (secondary N) is 1. The maximum absolute atomic E-state index is 13.2. The molecular formula is C23H32N4O4S2. The number of sulfonamides is 1. The largest absolute Gasteiger partial charge is 0.376 e. The first kappa shape index (κ1) is 25.2. The van der Waals surface area contributed by atoms with Gasteiger partial charge in [-0.2, -0.15) is 4.31 Å². The molecule has 1 aliphatic heterocycles. The van der Waals surface area contributed by atoms with E-state index >= 15 is 0 Å². The van der Waals surface area contributed by atoms with Crippen molar-refractivity contribution in [2.24, 2.45) is 5.92 Å².